The summed E-state index contributed by atoms with van der Waals surface area (Å²) in [6.07, 6.45) is 1.61. The number of aliphatic hydroxyl groups excluding tert-OH is 1. The maximum Gasteiger partial charge on any atom is 0.289 e. The average Bonchev–Trinajstić information content (AvgIpc) is 2.96. The Bertz CT molecular complexity index is 664. The van der Waals surface area contributed by atoms with Crippen molar-refractivity contribution in [2.75, 3.05) is 13.1 Å². The number of hydrogen-bond donors (Lipinski definition) is 1. The summed E-state index contributed by atoms with van der Waals surface area (Å²) in [6.45, 7) is 5.52. The average molecular weight is 353 g/mol. The lowest BCUT2D eigenvalue weighted by molar-refractivity contribution is -0.442. The Morgan fingerprint density at radius 3 is 2.79 bits per heavy atom. The Balaban J connectivity index is 1.98. The van der Waals surface area contributed by atoms with E-state index in [1.54, 1.807) is 17.2 Å². The zero-order valence-corrected chi connectivity index (χ0v) is 14.5. The largest absolute Gasteiger partial charge is 0.373 e. The van der Waals surface area contributed by atoms with Crippen LogP contribution in [0.25, 0.3) is 0 Å². The minimum Gasteiger partial charge on any atom is -0.373 e. The second-order valence-electron chi connectivity index (χ2n) is 6.36. The molecule has 0 radical (unpaired) electrons. The van der Waals surface area contributed by atoms with E-state index < -0.39 is 6.23 Å². The van der Waals surface area contributed by atoms with Gasteiger partial charge in [0.05, 0.1) is 10.8 Å². The van der Waals surface area contributed by atoms with Crippen molar-refractivity contribution >= 4 is 11.6 Å². The number of fused-ring (bicyclic) bond motifs is 1. The summed E-state index contributed by atoms with van der Waals surface area (Å²) in [5.74, 6) is 0.119. The molecule has 3 atom stereocenters. The van der Waals surface area contributed by atoms with E-state index in [0.29, 0.717) is 37.0 Å². The van der Waals surface area contributed by atoms with Crippen LogP contribution in [0.1, 0.15) is 25.8 Å². The molecule has 3 rings (SSSR count). The minimum absolute atomic E-state index is 0.170. The van der Waals surface area contributed by atoms with Crippen LogP contribution >= 0.6 is 11.6 Å². The van der Waals surface area contributed by atoms with Crippen LogP contribution in [0, 0.1) is 22.0 Å². The van der Waals surface area contributed by atoms with E-state index in [1.807, 2.05) is 24.8 Å². The Morgan fingerprint density at radius 1 is 1.46 bits per heavy atom. The molecule has 24 heavy (non-hydrogen) atoms. The quantitative estimate of drug-likeness (QED) is 0.508. The fourth-order valence-electron chi connectivity index (χ4n) is 3.75. The predicted octanol–water partition coefficient (Wildman–Crippen LogP) is 2.29. The topological polar surface area (TPSA) is 82.7 Å². The van der Waals surface area contributed by atoms with Crippen molar-refractivity contribution in [1.82, 2.24) is 14.8 Å². The molecule has 7 nitrogen and oxygen atoms in total. The summed E-state index contributed by atoms with van der Waals surface area (Å²) >= 11 is 5.81. The number of hydrogen-bond acceptors (Lipinski definition) is 6. The van der Waals surface area contributed by atoms with Gasteiger partial charge in [-0.1, -0.05) is 31.5 Å². The molecule has 1 saturated heterocycles. The van der Waals surface area contributed by atoms with E-state index in [2.05, 4.69) is 4.98 Å². The zero-order chi connectivity index (χ0) is 17.4. The Hall–Kier alpha value is -1.86. The lowest BCUT2D eigenvalue weighted by Crippen LogP contribution is -2.47. The molecule has 1 fully saturated rings. The number of nitrogens with zero attached hydrogens (tertiary/aromatic N) is 4. The van der Waals surface area contributed by atoms with Crippen molar-refractivity contribution in [3.8, 4) is 0 Å². The summed E-state index contributed by atoms with van der Waals surface area (Å²) in [7, 11) is 0. The monoisotopic (exact) mass is 352 g/mol. The highest BCUT2D eigenvalue weighted by atomic mass is 35.5. The molecule has 1 N–H and O–H groups in total. The van der Waals surface area contributed by atoms with Crippen LogP contribution in [0.3, 0.4) is 0 Å². The van der Waals surface area contributed by atoms with Gasteiger partial charge in [0.2, 0.25) is 0 Å². The summed E-state index contributed by atoms with van der Waals surface area (Å²) in [4.78, 5) is 19.2. The number of rotatable bonds is 4. The molecule has 0 aromatic carbocycles. The molecule has 0 saturated carbocycles. The first-order chi connectivity index (χ1) is 11.4. The molecule has 0 aliphatic carbocycles. The van der Waals surface area contributed by atoms with Crippen molar-refractivity contribution in [1.29, 1.82) is 0 Å². The first-order valence-electron chi connectivity index (χ1n) is 8.12. The molecule has 3 unspecified atom stereocenters. The highest BCUT2D eigenvalue weighted by Crippen LogP contribution is 2.41. The van der Waals surface area contributed by atoms with E-state index in [0.717, 1.165) is 5.56 Å². The minimum atomic E-state index is -0.693. The van der Waals surface area contributed by atoms with Gasteiger partial charge in [-0.05, 0) is 18.1 Å². The molecular weight excluding hydrogens is 332 g/mol. The number of nitro groups is 1. The van der Waals surface area contributed by atoms with Gasteiger partial charge >= 0.3 is 0 Å². The first kappa shape index (κ1) is 17.0. The Labute approximate surface area is 145 Å². The van der Waals surface area contributed by atoms with E-state index in [-0.39, 0.29) is 22.5 Å². The molecule has 2 aliphatic rings. The van der Waals surface area contributed by atoms with Crippen molar-refractivity contribution in [3.63, 3.8) is 0 Å². The van der Waals surface area contributed by atoms with Crippen molar-refractivity contribution < 1.29 is 10.0 Å². The smallest absolute Gasteiger partial charge is 0.289 e. The number of pyridine rings is 1. The van der Waals surface area contributed by atoms with Gasteiger partial charge < -0.3 is 14.9 Å². The van der Waals surface area contributed by atoms with Crippen molar-refractivity contribution in [2.24, 2.45) is 11.8 Å². The maximum absolute atomic E-state index is 11.7. The second-order valence-corrected chi connectivity index (χ2v) is 6.74. The number of allylic oxidation sites excluding steroid dienone is 1. The summed E-state index contributed by atoms with van der Waals surface area (Å²) < 4.78 is 0. The Morgan fingerprint density at radius 2 is 2.21 bits per heavy atom. The van der Waals surface area contributed by atoms with E-state index in [1.165, 1.54) is 0 Å². The molecule has 130 valence electrons. The zero-order valence-electron chi connectivity index (χ0n) is 13.7. The molecule has 0 amide bonds. The molecule has 1 aromatic rings. The van der Waals surface area contributed by atoms with Gasteiger partial charge in [-0.25, -0.2) is 4.98 Å². The van der Waals surface area contributed by atoms with Gasteiger partial charge in [0.15, 0.2) is 5.82 Å². The summed E-state index contributed by atoms with van der Waals surface area (Å²) in [5, 5.41) is 22.7. The fraction of sp³-hybridized carbons (Fsp3) is 0.562. The van der Waals surface area contributed by atoms with Crippen LogP contribution in [0.2, 0.25) is 5.15 Å². The van der Waals surface area contributed by atoms with E-state index >= 15 is 0 Å². The highest BCUT2D eigenvalue weighted by molar-refractivity contribution is 6.29. The van der Waals surface area contributed by atoms with Crippen molar-refractivity contribution in [3.05, 3.63) is 50.7 Å². The molecule has 8 heteroatoms. The number of halogens is 1. The third kappa shape index (κ3) is 2.82. The van der Waals surface area contributed by atoms with Crippen LogP contribution < -0.4 is 0 Å². The van der Waals surface area contributed by atoms with E-state index in [9.17, 15) is 15.2 Å². The lowest BCUT2D eigenvalue weighted by atomic mass is 9.84. The van der Waals surface area contributed by atoms with Gasteiger partial charge in [-0.2, -0.15) is 0 Å². The predicted molar refractivity (Wildman–Crippen MR) is 89.3 cm³/mol. The molecule has 3 heterocycles. The fourth-order valence-corrected chi connectivity index (χ4v) is 3.86. The number of aromatic nitrogens is 1. The van der Waals surface area contributed by atoms with Crippen LogP contribution in [-0.4, -0.2) is 44.1 Å². The first-order valence-corrected chi connectivity index (χ1v) is 8.50. The molecule has 0 spiro atoms. The van der Waals surface area contributed by atoms with Crippen LogP contribution in [0.4, 0.5) is 0 Å². The van der Waals surface area contributed by atoms with Gasteiger partial charge in [-0.3, -0.25) is 10.1 Å². The molecule has 0 bridgehead atoms. The van der Waals surface area contributed by atoms with E-state index in [4.69, 9.17) is 11.6 Å². The van der Waals surface area contributed by atoms with Crippen LogP contribution in [0.5, 0.6) is 0 Å². The standard InChI is InChI=1S/C16H21ClN4O3/c1-3-12-10(2)16(22)20-7-6-19(15(20)14(12)21(23)24)9-11-4-5-13(17)18-8-11/h4-5,8,10,12,16,22H,3,6-7,9H2,1-2H3. The van der Waals surface area contributed by atoms with Gasteiger partial charge in [0.25, 0.3) is 5.70 Å². The van der Waals surface area contributed by atoms with Crippen LogP contribution in [0.15, 0.2) is 29.8 Å². The SMILES string of the molecule is CCC1C([N+](=O)[O-])=C2N(Cc3ccc(Cl)nc3)CCN2C(O)C1C. The molecule has 1 aromatic heterocycles. The summed E-state index contributed by atoms with van der Waals surface area (Å²) in [6, 6.07) is 3.57. The normalized spacial score (nSPS) is 26.8. The third-order valence-electron chi connectivity index (χ3n) is 4.99. The highest BCUT2D eigenvalue weighted by Gasteiger charge is 2.49. The van der Waals surface area contributed by atoms with Gasteiger partial charge in [0, 0.05) is 31.7 Å². The third-order valence-corrected chi connectivity index (χ3v) is 5.21. The summed E-state index contributed by atoms with van der Waals surface area (Å²) in [5.41, 5.74) is 1.15. The molecular formula is C16H21ClN4O3. The maximum atomic E-state index is 11.7. The Kier molecular flexibility index (Phi) is 4.64. The lowest BCUT2D eigenvalue weighted by Gasteiger charge is -2.39. The number of aliphatic hydroxyl groups is 1. The molecule has 2 aliphatic heterocycles. The van der Waals surface area contributed by atoms with Crippen LogP contribution in [-0.2, 0) is 6.54 Å². The van der Waals surface area contributed by atoms with Crippen molar-refractivity contribution in [2.45, 2.75) is 33.0 Å². The van der Waals surface area contributed by atoms with Gasteiger partial charge in [0.1, 0.15) is 11.4 Å². The second kappa shape index (κ2) is 6.57. The van der Waals surface area contributed by atoms with Gasteiger partial charge in [-0.15, -0.1) is 0 Å².